The molecular formula is C13H20N4O2S2. The van der Waals surface area contributed by atoms with Crippen LogP contribution in [-0.4, -0.2) is 31.3 Å². The minimum absolute atomic E-state index is 0.321. The highest BCUT2D eigenvalue weighted by atomic mass is 32.2. The molecular weight excluding hydrogens is 308 g/mol. The first-order chi connectivity index (χ1) is 10.0. The highest BCUT2D eigenvalue weighted by Crippen LogP contribution is 2.25. The van der Waals surface area contributed by atoms with Crippen LogP contribution in [0.5, 0.6) is 0 Å². The maximum absolute atomic E-state index is 12.3. The SMILES string of the molecule is CCNCc1cc(S(=O)(=O)NCCn2cccn2)c(C)s1. The Morgan fingerprint density at radius 3 is 2.90 bits per heavy atom. The van der Waals surface area contributed by atoms with Crippen molar-refractivity contribution >= 4 is 21.4 Å². The Morgan fingerprint density at radius 1 is 1.43 bits per heavy atom. The van der Waals surface area contributed by atoms with Gasteiger partial charge in [-0.25, -0.2) is 13.1 Å². The highest BCUT2D eigenvalue weighted by Gasteiger charge is 2.19. The molecule has 6 nitrogen and oxygen atoms in total. The van der Waals surface area contributed by atoms with Crippen LogP contribution in [0.4, 0.5) is 0 Å². The number of aryl methyl sites for hydroxylation is 1. The van der Waals surface area contributed by atoms with Gasteiger partial charge in [-0.15, -0.1) is 11.3 Å². The summed E-state index contributed by atoms with van der Waals surface area (Å²) in [5.41, 5.74) is 0. The lowest BCUT2D eigenvalue weighted by molar-refractivity contribution is 0.560. The van der Waals surface area contributed by atoms with Crippen LogP contribution in [0.3, 0.4) is 0 Å². The molecule has 0 unspecified atom stereocenters. The molecule has 0 radical (unpaired) electrons. The number of hydrogen-bond acceptors (Lipinski definition) is 5. The van der Waals surface area contributed by atoms with Gasteiger partial charge < -0.3 is 5.32 Å². The molecule has 21 heavy (non-hydrogen) atoms. The number of nitrogens with zero attached hydrogens (tertiary/aromatic N) is 2. The third-order valence-corrected chi connectivity index (χ3v) is 5.72. The Balaban J connectivity index is 1.99. The van der Waals surface area contributed by atoms with Gasteiger partial charge in [-0.2, -0.15) is 5.10 Å². The van der Waals surface area contributed by atoms with E-state index in [1.54, 1.807) is 23.1 Å². The molecule has 2 heterocycles. The Bertz CT molecular complexity index is 662. The molecule has 2 aromatic rings. The molecule has 0 spiro atoms. The van der Waals surface area contributed by atoms with E-state index in [-0.39, 0.29) is 0 Å². The summed E-state index contributed by atoms with van der Waals surface area (Å²) in [6.07, 6.45) is 3.48. The molecule has 2 aromatic heterocycles. The van der Waals surface area contributed by atoms with E-state index < -0.39 is 10.0 Å². The molecule has 2 N–H and O–H groups in total. The van der Waals surface area contributed by atoms with Crippen molar-refractivity contribution in [2.45, 2.75) is 31.8 Å². The summed E-state index contributed by atoms with van der Waals surface area (Å²) in [6, 6.07) is 3.56. The van der Waals surface area contributed by atoms with Gasteiger partial charge in [0, 0.05) is 35.2 Å². The maximum Gasteiger partial charge on any atom is 0.241 e. The molecule has 0 fully saturated rings. The van der Waals surface area contributed by atoms with Crippen LogP contribution >= 0.6 is 11.3 Å². The van der Waals surface area contributed by atoms with Crippen LogP contribution in [0.1, 0.15) is 16.7 Å². The van der Waals surface area contributed by atoms with Crippen LogP contribution in [-0.2, 0) is 23.1 Å². The standard InChI is InChI=1S/C13H20N4O2S2/c1-3-14-10-12-9-13(11(2)20-12)21(18,19)16-6-8-17-7-4-5-15-17/h4-5,7,9,14,16H,3,6,8,10H2,1-2H3. The van der Waals surface area contributed by atoms with Gasteiger partial charge in [-0.05, 0) is 25.6 Å². The Labute approximate surface area is 129 Å². The summed E-state index contributed by atoms with van der Waals surface area (Å²) in [5, 5.41) is 7.24. The van der Waals surface area contributed by atoms with E-state index in [9.17, 15) is 8.42 Å². The van der Waals surface area contributed by atoms with Crippen LogP contribution in [0.25, 0.3) is 0 Å². The predicted octanol–water partition coefficient (Wildman–Crippen LogP) is 1.34. The van der Waals surface area contributed by atoms with Gasteiger partial charge in [0.05, 0.1) is 11.4 Å². The van der Waals surface area contributed by atoms with E-state index in [4.69, 9.17) is 0 Å². The Hall–Kier alpha value is -1.22. The summed E-state index contributed by atoms with van der Waals surface area (Å²) in [6.45, 7) is 6.25. The van der Waals surface area contributed by atoms with Crippen molar-refractivity contribution in [2.24, 2.45) is 0 Å². The minimum atomic E-state index is -3.46. The van der Waals surface area contributed by atoms with E-state index in [0.29, 0.717) is 24.5 Å². The van der Waals surface area contributed by atoms with E-state index in [1.165, 1.54) is 11.3 Å². The van der Waals surface area contributed by atoms with Crippen molar-refractivity contribution in [3.8, 4) is 0 Å². The summed E-state index contributed by atoms with van der Waals surface area (Å²) >= 11 is 1.51. The number of thiophene rings is 1. The lowest BCUT2D eigenvalue weighted by atomic mass is 10.4. The van der Waals surface area contributed by atoms with E-state index >= 15 is 0 Å². The van der Waals surface area contributed by atoms with Crippen LogP contribution in [0, 0.1) is 6.92 Å². The van der Waals surface area contributed by atoms with Gasteiger partial charge in [0.1, 0.15) is 0 Å². The molecule has 0 aliphatic rings. The average Bonchev–Trinajstić information content (AvgIpc) is 3.06. The van der Waals surface area contributed by atoms with Gasteiger partial charge in [0.2, 0.25) is 10.0 Å². The van der Waals surface area contributed by atoms with Gasteiger partial charge >= 0.3 is 0 Å². The first kappa shape index (κ1) is 16.2. The molecule has 2 rings (SSSR count). The van der Waals surface area contributed by atoms with Crippen molar-refractivity contribution in [1.82, 2.24) is 19.8 Å². The molecule has 0 aromatic carbocycles. The third kappa shape index (κ3) is 4.37. The van der Waals surface area contributed by atoms with Crippen molar-refractivity contribution in [2.75, 3.05) is 13.1 Å². The van der Waals surface area contributed by atoms with Crippen LogP contribution in [0.15, 0.2) is 29.4 Å². The summed E-state index contributed by atoms with van der Waals surface area (Å²) < 4.78 is 28.9. The average molecular weight is 328 g/mol. The Kier molecular flexibility index (Phi) is 5.51. The summed E-state index contributed by atoms with van der Waals surface area (Å²) in [4.78, 5) is 2.22. The molecule has 0 aliphatic carbocycles. The minimum Gasteiger partial charge on any atom is -0.312 e. The molecule has 0 bridgehead atoms. The Morgan fingerprint density at radius 2 is 2.24 bits per heavy atom. The van der Waals surface area contributed by atoms with Gasteiger partial charge in [0.15, 0.2) is 0 Å². The van der Waals surface area contributed by atoms with Gasteiger partial charge in [-0.3, -0.25) is 4.68 Å². The first-order valence-corrected chi connectivity index (χ1v) is 9.10. The fourth-order valence-electron chi connectivity index (χ4n) is 1.93. The fraction of sp³-hybridized carbons (Fsp3) is 0.462. The number of nitrogens with one attached hydrogen (secondary N) is 2. The highest BCUT2D eigenvalue weighted by molar-refractivity contribution is 7.89. The third-order valence-electron chi connectivity index (χ3n) is 2.95. The number of hydrogen-bond donors (Lipinski definition) is 2. The second-order valence-corrected chi connectivity index (χ2v) is 7.66. The number of aromatic nitrogens is 2. The summed E-state index contributed by atoms with van der Waals surface area (Å²) in [7, 11) is -3.46. The topological polar surface area (TPSA) is 76.0 Å². The molecule has 0 saturated carbocycles. The van der Waals surface area contributed by atoms with Crippen LogP contribution < -0.4 is 10.0 Å². The van der Waals surface area contributed by atoms with E-state index in [0.717, 1.165) is 16.3 Å². The molecule has 0 amide bonds. The second kappa shape index (κ2) is 7.17. The normalized spacial score (nSPS) is 11.9. The molecule has 0 saturated heterocycles. The maximum atomic E-state index is 12.3. The largest absolute Gasteiger partial charge is 0.312 e. The second-order valence-electron chi connectivity index (χ2n) is 4.58. The molecule has 8 heteroatoms. The van der Waals surface area contributed by atoms with E-state index in [2.05, 4.69) is 15.1 Å². The lowest BCUT2D eigenvalue weighted by Gasteiger charge is -2.06. The van der Waals surface area contributed by atoms with Gasteiger partial charge in [-0.1, -0.05) is 6.92 Å². The quantitative estimate of drug-likeness (QED) is 0.767. The van der Waals surface area contributed by atoms with Crippen LogP contribution in [0.2, 0.25) is 0 Å². The van der Waals surface area contributed by atoms with Gasteiger partial charge in [0.25, 0.3) is 0 Å². The first-order valence-electron chi connectivity index (χ1n) is 6.80. The fourth-order valence-corrected chi connectivity index (χ4v) is 4.56. The number of sulfonamides is 1. The smallest absolute Gasteiger partial charge is 0.241 e. The summed E-state index contributed by atoms with van der Waals surface area (Å²) in [5.74, 6) is 0. The van der Waals surface area contributed by atoms with E-state index in [1.807, 2.05) is 19.9 Å². The predicted molar refractivity (Wildman–Crippen MR) is 83.9 cm³/mol. The van der Waals surface area contributed by atoms with Crippen molar-refractivity contribution in [1.29, 1.82) is 0 Å². The lowest BCUT2D eigenvalue weighted by Crippen LogP contribution is -2.27. The van der Waals surface area contributed by atoms with Crippen molar-refractivity contribution in [3.05, 3.63) is 34.3 Å². The monoisotopic (exact) mass is 328 g/mol. The number of rotatable bonds is 8. The zero-order valence-corrected chi connectivity index (χ0v) is 13.8. The van der Waals surface area contributed by atoms with Crippen molar-refractivity contribution in [3.63, 3.8) is 0 Å². The zero-order valence-electron chi connectivity index (χ0n) is 12.2. The zero-order chi connectivity index (χ0) is 15.3. The molecule has 116 valence electrons. The molecule has 0 atom stereocenters. The molecule has 0 aliphatic heterocycles. The van der Waals surface area contributed by atoms with Crippen molar-refractivity contribution < 1.29 is 8.42 Å².